The molecule has 0 nitrogen and oxygen atoms in total. The van der Waals surface area contributed by atoms with Gasteiger partial charge in [-0.2, -0.15) is 0 Å². The number of benzene rings is 6. The lowest BCUT2D eigenvalue weighted by Crippen LogP contribution is -1.99. The Bertz CT molecular complexity index is 1870. The van der Waals surface area contributed by atoms with E-state index in [-0.39, 0.29) is 0 Å². The van der Waals surface area contributed by atoms with E-state index in [2.05, 4.69) is 175 Å². The summed E-state index contributed by atoms with van der Waals surface area (Å²) in [6.45, 7) is 13.4. The van der Waals surface area contributed by atoms with Crippen LogP contribution in [0.5, 0.6) is 0 Å². The Hall–Kier alpha value is -3.98. The van der Waals surface area contributed by atoms with E-state index in [1.165, 1.54) is 77.9 Å². The van der Waals surface area contributed by atoms with E-state index in [1.54, 1.807) is 0 Å². The zero-order valence-corrected chi connectivity index (χ0v) is 30.7. The smallest absolute Gasteiger partial charge is 0.0404 e. The minimum atomic E-state index is 0.361. The SMILES string of the molecule is CC[C@@H](SS[C@H](CC)c1ccc(-c2cccc(C)c2)cc1-c1cccc(C)c1)c1ccc(-c2cccc(C)c2)cc1-c1cccc(C)c1. The van der Waals surface area contributed by atoms with Crippen molar-refractivity contribution in [2.24, 2.45) is 0 Å². The molecule has 0 aromatic heterocycles. The van der Waals surface area contributed by atoms with Gasteiger partial charge in [0.1, 0.15) is 0 Å². The van der Waals surface area contributed by atoms with E-state index in [0.717, 1.165) is 12.8 Å². The third kappa shape index (κ3) is 7.83. The van der Waals surface area contributed by atoms with Crippen molar-refractivity contribution in [3.63, 3.8) is 0 Å². The lowest BCUT2D eigenvalue weighted by atomic mass is 9.91. The molecule has 0 saturated carbocycles. The maximum absolute atomic E-state index is 2.42. The van der Waals surface area contributed by atoms with Crippen molar-refractivity contribution < 1.29 is 0 Å². The van der Waals surface area contributed by atoms with E-state index in [0.29, 0.717) is 10.5 Å². The number of hydrogen-bond donors (Lipinski definition) is 0. The highest BCUT2D eigenvalue weighted by Crippen LogP contribution is 2.52. The first-order chi connectivity index (χ1) is 23.3. The zero-order valence-electron chi connectivity index (χ0n) is 29.1. The summed E-state index contributed by atoms with van der Waals surface area (Å²) in [6, 6.07) is 50.0. The Morgan fingerprint density at radius 2 is 0.688 bits per heavy atom. The summed E-state index contributed by atoms with van der Waals surface area (Å²) in [4.78, 5) is 0. The Balaban J connectivity index is 1.36. The fraction of sp³-hybridized carbons (Fsp3) is 0.217. The summed E-state index contributed by atoms with van der Waals surface area (Å²) in [7, 11) is 4.09. The highest BCUT2D eigenvalue weighted by atomic mass is 33.1. The van der Waals surface area contributed by atoms with Gasteiger partial charge in [-0.15, -0.1) is 0 Å². The molecular weight excluding hydrogens is 617 g/mol. The molecule has 242 valence electrons. The van der Waals surface area contributed by atoms with E-state index in [1.807, 2.05) is 21.6 Å². The molecule has 2 atom stereocenters. The maximum Gasteiger partial charge on any atom is 0.0404 e. The molecule has 0 bridgehead atoms. The molecule has 0 heterocycles. The fourth-order valence-electron chi connectivity index (χ4n) is 6.62. The second-order valence-electron chi connectivity index (χ2n) is 13.1. The van der Waals surface area contributed by atoms with Crippen molar-refractivity contribution in [1.29, 1.82) is 0 Å². The van der Waals surface area contributed by atoms with Crippen LogP contribution in [0.15, 0.2) is 133 Å². The molecule has 0 aliphatic carbocycles. The predicted octanol–water partition coefficient (Wildman–Crippen LogP) is 14.6. The van der Waals surface area contributed by atoms with Crippen molar-refractivity contribution in [2.45, 2.75) is 64.9 Å². The standard InChI is InChI=1S/C46H46S2/c1-7-45(41-23-21-37(35-17-9-13-31(3)25-35)29-43(41)39-19-11-15-33(5)27-39)47-48-46(8-2)42-24-22-38(36-18-10-14-32(4)26-36)30-44(42)40-20-12-16-34(6)28-40/h9-30,45-46H,7-8H2,1-6H3/t45-,46-/m1/s1. The Morgan fingerprint density at radius 3 is 1.02 bits per heavy atom. The van der Waals surface area contributed by atoms with Crippen LogP contribution in [-0.4, -0.2) is 0 Å². The van der Waals surface area contributed by atoms with Crippen molar-refractivity contribution in [2.75, 3.05) is 0 Å². The van der Waals surface area contributed by atoms with Crippen LogP contribution < -0.4 is 0 Å². The Labute approximate surface area is 296 Å². The highest BCUT2D eigenvalue weighted by molar-refractivity contribution is 8.76. The number of aryl methyl sites for hydroxylation is 4. The monoisotopic (exact) mass is 662 g/mol. The summed E-state index contributed by atoms with van der Waals surface area (Å²) in [5, 5.41) is 0.722. The lowest BCUT2D eigenvalue weighted by molar-refractivity contribution is 0.895. The largest absolute Gasteiger partial charge is 0.0853 e. The minimum absolute atomic E-state index is 0.361. The average molecular weight is 663 g/mol. The first kappa shape index (κ1) is 33.9. The predicted molar refractivity (Wildman–Crippen MR) is 215 cm³/mol. The normalized spacial score (nSPS) is 12.5. The molecule has 0 radical (unpaired) electrons. The van der Waals surface area contributed by atoms with Gasteiger partial charge in [-0.1, -0.05) is 179 Å². The van der Waals surface area contributed by atoms with Gasteiger partial charge in [0, 0.05) is 10.5 Å². The lowest BCUT2D eigenvalue weighted by Gasteiger charge is -2.24. The van der Waals surface area contributed by atoms with Crippen LogP contribution >= 0.6 is 21.6 Å². The van der Waals surface area contributed by atoms with E-state index in [4.69, 9.17) is 0 Å². The van der Waals surface area contributed by atoms with E-state index >= 15 is 0 Å². The number of rotatable bonds is 11. The molecule has 0 aliphatic heterocycles. The molecule has 0 saturated heterocycles. The third-order valence-corrected chi connectivity index (χ3v) is 12.7. The number of hydrogen-bond acceptors (Lipinski definition) is 2. The van der Waals surface area contributed by atoms with Gasteiger partial charge in [-0.05, 0) is 108 Å². The van der Waals surface area contributed by atoms with Gasteiger partial charge < -0.3 is 0 Å². The van der Waals surface area contributed by atoms with Gasteiger partial charge in [-0.3, -0.25) is 0 Å². The fourth-order valence-corrected chi connectivity index (χ4v) is 10.0. The molecule has 6 aromatic carbocycles. The molecule has 0 aliphatic rings. The molecular formula is C46H46S2. The summed E-state index contributed by atoms with van der Waals surface area (Å²) < 4.78 is 0. The van der Waals surface area contributed by atoms with Gasteiger partial charge in [0.15, 0.2) is 0 Å². The molecule has 48 heavy (non-hydrogen) atoms. The Morgan fingerprint density at radius 1 is 0.375 bits per heavy atom. The molecule has 0 unspecified atom stereocenters. The molecule has 0 amide bonds. The minimum Gasteiger partial charge on any atom is -0.0853 e. The summed E-state index contributed by atoms with van der Waals surface area (Å²) in [5.74, 6) is 0. The van der Waals surface area contributed by atoms with Crippen LogP contribution in [-0.2, 0) is 0 Å². The van der Waals surface area contributed by atoms with E-state index in [9.17, 15) is 0 Å². The molecule has 0 N–H and O–H groups in total. The third-order valence-electron chi connectivity index (χ3n) is 9.19. The van der Waals surface area contributed by atoms with Gasteiger partial charge >= 0.3 is 0 Å². The summed E-state index contributed by atoms with van der Waals surface area (Å²) in [5.41, 5.74) is 18.4. The molecule has 0 fully saturated rings. The van der Waals surface area contributed by atoms with Crippen LogP contribution in [0.2, 0.25) is 0 Å². The van der Waals surface area contributed by atoms with Crippen molar-refractivity contribution in [3.8, 4) is 44.5 Å². The van der Waals surface area contributed by atoms with Crippen LogP contribution in [0.1, 0.15) is 70.6 Å². The molecule has 0 spiro atoms. The van der Waals surface area contributed by atoms with Crippen LogP contribution in [0.25, 0.3) is 44.5 Å². The second-order valence-corrected chi connectivity index (χ2v) is 15.7. The van der Waals surface area contributed by atoms with Crippen LogP contribution in [0, 0.1) is 27.7 Å². The van der Waals surface area contributed by atoms with E-state index < -0.39 is 0 Å². The average Bonchev–Trinajstić information content (AvgIpc) is 3.10. The van der Waals surface area contributed by atoms with Gasteiger partial charge in [-0.25, -0.2) is 0 Å². The van der Waals surface area contributed by atoms with Gasteiger partial charge in [0.05, 0.1) is 0 Å². The summed E-state index contributed by atoms with van der Waals surface area (Å²) >= 11 is 0. The topological polar surface area (TPSA) is 0 Å². The van der Waals surface area contributed by atoms with Crippen LogP contribution in [0.4, 0.5) is 0 Å². The molecule has 2 heteroatoms. The maximum atomic E-state index is 2.42. The van der Waals surface area contributed by atoms with Gasteiger partial charge in [0.2, 0.25) is 0 Å². The van der Waals surface area contributed by atoms with Crippen molar-refractivity contribution in [3.05, 3.63) is 167 Å². The zero-order chi connectivity index (χ0) is 33.6. The molecule has 6 aromatic rings. The second kappa shape index (κ2) is 15.5. The van der Waals surface area contributed by atoms with Crippen molar-refractivity contribution in [1.82, 2.24) is 0 Å². The van der Waals surface area contributed by atoms with Crippen molar-refractivity contribution >= 4 is 21.6 Å². The summed E-state index contributed by atoms with van der Waals surface area (Å²) in [6.07, 6.45) is 2.13. The highest BCUT2D eigenvalue weighted by Gasteiger charge is 2.22. The first-order valence-corrected chi connectivity index (χ1v) is 19.5. The quantitative estimate of drug-likeness (QED) is 0.127. The van der Waals surface area contributed by atoms with Crippen LogP contribution in [0.3, 0.4) is 0 Å². The molecule has 6 rings (SSSR count). The first-order valence-electron chi connectivity index (χ1n) is 17.2. The van der Waals surface area contributed by atoms with Gasteiger partial charge in [0.25, 0.3) is 0 Å². The Kier molecular flexibility index (Phi) is 10.9.